The topological polar surface area (TPSA) is 158 Å². The summed E-state index contributed by atoms with van der Waals surface area (Å²) < 4.78 is 24.6. The van der Waals surface area contributed by atoms with E-state index >= 15 is 0 Å². The zero-order valence-corrected chi connectivity index (χ0v) is 30.5. The number of hydrogen-bond acceptors (Lipinski definition) is 12. The number of aliphatic hydroxyl groups is 4. The molecule has 4 N–H and O–H groups in total. The van der Waals surface area contributed by atoms with Gasteiger partial charge in [-0.15, -0.1) is 0 Å². The van der Waals surface area contributed by atoms with Crippen molar-refractivity contribution in [1.29, 1.82) is 0 Å². The maximum atomic E-state index is 13.4. The van der Waals surface area contributed by atoms with Crippen LogP contribution in [-0.2, 0) is 28.5 Å². The van der Waals surface area contributed by atoms with Gasteiger partial charge in [0.05, 0.1) is 41.8 Å². The predicted octanol–water partition coefficient (Wildman–Crippen LogP) is 2.18. The van der Waals surface area contributed by atoms with Gasteiger partial charge in [0.2, 0.25) is 0 Å². The second-order valence-corrected chi connectivity index (χ2v) is 15.2. The molecule has 2 fully saturated rings. The first-order valence-electron chi connectivity index (χ1n) is 17.0. The van der Waals surface area contributed by atoms with Crippen LogP contribution in [-0.4, -0.2) is 136 Å². The maximum absolute atomic E-state index is 13.4. The largest absolute Gasteiger partial charge is 0.459 e. The van der Waals surface area contributed by atoms with Crippen LogP contribution in [0.1, 0.15) is 88.5 Å². The summed E-state index contributed by atoms with van der Waals surface area (Å²) >= 11 is 0. The van der Waals surface area contributed by atoms with Gasteiger partial charge in [0.25, 0.3) is 0 Å². The minimum Gasteiger partial charge on any atom is -0.459 e. The Hall–Kier alpha value is -1.38. The van der Waals surface area contributed by atoms with Crippen LogP contribution in [0.4, 0.5) is 0 Å². The number of rotatable bonds is 6. The van der Waals surface area contributed by atoms with Gasteiger partial charge in [-0.25, -0.2) is 0 Å². The van der Waals surface area contributed by atoms with Gasteiger partial charge in [-0.05, 0) is 80.9 Å². The fourth-order valence-corrected chi connectivity index (χ4v) is 7.12. The monoisotopic (exact) mass is 660 g/mol. The fourth-order valence-electron chi connectivity index (χ4n) is 7.12. The average Bonchev–Trinajstić information content (AvgIpc) is 2.95. The standard InChI is InChI=1S/C34H64N2O10/c1-14-25-34(10,42)28(38)23(8)36(13)17-19(4)16-33(9,41)29(21(6)26(37)22(7)31(40)44-25)46-32-27(45-30(39)18(2)3)24(35(11)12)15-20(5)43-32/h18-29,32,37-38,41-42H,14-17H2,1-13H3/t19-,20-,21+,22-,23-,24+,25-,26+,27-,28-,29-,32+,33-,34-/m1/s1. The summed E-state index contributed by atoms with van der Waals surface area (Å²) in [5, 5.41) is 46.5. The smallest absolute Gasteiger partial charge is 0.311 e. The van der Waals surface area contributed by atoms with Crippen LogP contribution in [0.5, 0.6) is 0 Å². The van der Waals surface area contributed by atoms with E-state index in [1.54, 1.807) is 41.5 Å². The average molecular weight is 661 g/mol. The van der Waals surface area contributed by atoms with Crippen molar-refractivity contribution in [2.75, 3.05) is 27.7 Å². The van der Waals surface area contributed by atoms with Gasteiger partial charge in [0.15, 0.2) is 12.4 Å². The highest BCUT2D eigenvalue weighted by atomic mass is 16.7. The quantitative estimate of drug-likeness (QED) is 0.308. The van der Waals surface area contributed by atoms with E-state index in [2.05, 4.69) is 0 Å². The van der Waals surface area contributed by atoms with Crippen molar-refractivity contribution in [3.63, 3.8) is 0 Å². The van der Waals surface area contributed by atoms with E-state index in [-0.39, 0.29) is 36.8 Å². The van der Waals surface area contributed by atoms with Gasteiger partial charge in [0, 0.05) is 18.5 Å². The summed E-state index contributed by atoms with van der Waals surface area (Å²) in [7, 11) is 5.62. The molecule has 0 aromatic rings. The van der Waals surface area contributed by atoms with Gasteiger partial charge >= 0.3 is 11.9 Å². The first-order chi connectivity index (χ1) is 21.1. The Balaban J connectivity index is 2.61. The van der Waals surface area contributed by atoms with Crippen LogP contribution >= 0.6 is 0 Å². The number of carbonyl (C=O) groups excluding carboxylic acids is 2. The third-order valence-corrected chi connectivity index (χ3v) is 10.2. The van der Waals surface area contributed by atoms with E-state index < -0.39 is 77.8 Å². The second kappa shape index (κ2) is 16.3. The lowest BCUT2D eigenvalue weighted by Crippen LogP contribution is -2.60. The molecule has 0 aliphatic carbocycles. The van der Waals surface area contributed by atoms with Crippen molar-refractivity contribution < 1.29 is 49.0 Å². The van der Waals surface area contributed by atoms with Gasteiger partial charge in [-0.1, -0.05) is 34.6 Å². The number of aliphatic hydroxyl groups excluding tert-OH is 2. The van der Waals surface area contributed by atoms with Crippen molar-refractivity contribution in [2.45, 2.75) is 155 Å². The lowest BCUT2D eigenvalue weighted by molar-refractivity contribution is -0.302. The normalized spacial score (nSPS) is 44.4. The molecule has 14 atom stereocenters. The number of cyclic esters (lactones) is 1. The van der Waals surface area contributed by atoms with Crippen LogP contribution in [0.15, 0.2) is 0 Å². The van der Waals surface area contributed by atoms with Crippen molar-refractivity contribution in [3.8, 4) is 0 Å². The molecule has 2 aliphatic heterocycles. The number of nitrogens with zero attached hydrogens (tertiary/aromatic N) is 2. The van der Waals surface area contributed by atoms with E-state index in [1.165, 1.54) is 13.8 Å². The molecule has 2 heterocycles. The number of likely N-dealkylation sites (N-methyl/N-ethyl adjacent to an activating group) is 2. The van der Waals surface area contributed by atoms with E-state index in [4.69, 9.17) is 18.9 Å². The summed E-state index contributed by atoms with van der Waals surface area (Å²) in [5.41, 5.74) is -3.32. The number of ether oxygens (including phenoxy) is 4. The third kappa shape index (κ3) is 9.62. The Labute approximate surface area is 276 Å². The molecule has 12 heteroatoms. The Morgan fingerprint density at radius 2 is 1.70 bits per heavy atom. The molecule has 0 radical (unpaired) electrons. The molecule has 0 unspecified atom stereocenters. The summed E-state index contributed by atoms with van der Waals surface area (Å²) in [6.45, 7) is 17.7. The number of carbonyl (C=O) groups is 2. The third-order valence-electron chi connectivity index (χ3n) is 10.2. The number of hydrogen-bond donors (Lipinski definition) is 4. The lowest BCUT2D eigenvalue weighted by Gasteiger charge is -2.47. The maximum Gasteiger partial charge on any atom is 0.311 e. The van der Waals surface area contributed by atoms with Crippen molar-refractivity contribution >= 4 is 11.9 Å². The Morgan fingerprint density at radius 1 is 1.11 bits per heavy atom. The highest BCUT2D eigenvalue weighted by Crippen LogP contribution is 2.37. The molecular formula is C34H64N2O10. The van der Waals surface area contributed by atoms with Gasteiger partial charge in [0.1, 0.15) is 17.8 Å². The van der Waals surface area contributed by atoms with Crippen molar-refractivity contribution in [2.24, 2.45) is 23.7 Å². The van der Waals surface area contributed by atoms with Gasteiger partial charge < -0.3 is 49.2 Å². The van der Waals surface area contributed by atoms with E-state index in [0.717, 1.165) is 0 Å². The van der Waals surface area contributed by atoms with E-state index in [1.807, 2.05) is 44.8 Å². The second-order valence-electron chi connectivity index (χ2n) is 15.2. The summed E-state index contributed by atoms with van der Waals surface area (Å²) in [5.74, 6) is -3.57. The Morgan fingerprint density at radius 3 is 2.22 bits per heavy atom. The molecule has 0 saturated carbocycles. The molecule has 0 spiro atoms. The minimum atomic E-state index is -1.77. The molecule has 270 valence electrons. The van der Waals surface area contributed by atoms with Gasteiger partial charge in [-0.3, -0.25) is 9.59 Å². The highest BCUT2D eigenvalue weighted by Gasteiger charge is 2.50. The molecule has 0 bridgehead atoms. The van der Waals surface area contributed by atoms with Crippen LogP contribution in [0.2, 0.25) is 0 Å². The molecule has 2 saturated heterocycles. The van der Waals surface area contributed by atoms with Crippen LogP contribution < -0.4 is 0 Å². The minimum absolute atomic E-state index is 0.132. The van der Waals surface area contributed by atoms with Crippen LogP contribution in [0.25, 0.3) is 0 Å². The first kappa shape index (κ1) is 40.8. The number of esters is 2. The molecule has 0 amide bonds. The Kier molecular flexibility index (Phi) is 14.5. The SMILES string of the molecule is CC[C@H]1OC(=O)[C@H](C)[C@@H](O)[C@H](C)[C@@H](O[C@@H]2O[C@H](C)C[C@H](N(C)C)[C@H]2OC(=O)C(C)C)[C@](C)(O)C[C@@H](C)CN(C)[C@H](C)[C@@H](O)[C@]1(C)O. The fraction of sp³-hybridized carbons (Fsp3) is 0.941. The van der Waals surface area contributed by atoms with Crippen molar-refractivity contribution in [1.82, 2.24) is 9.80 Å². The van der Waals surface area contributed by atoms with Crippen LogP contribution in [0.3, 0.4) is 0 Å². The zero-order chi connectivity index (χ0) is 35.5. The summed E-state index contributed by atoms with van der Waals surface area (Å²) in [6, 6.07) is -0.761. The Bertz CT molecular complexity index is 991. The molecule has 2 rings (SSSR count). The lowest BCUT2D eigenvalue weighted by atomic mass is 9.78. The molecule has 12 nitrogen and oxygen atoms in total. The molecular weight excluding hydrogens is 596 g/mol. The molecule has 46 heavy (non-hydrogen) atoms. The first-order valence-corrected chi connectivity index (χ1v) is 17.0. The molecule has 0 aromatic heterocycles. The molecule has 2 aliphatic rings. The zero-order valence-electron chi connectivity index (χ0n) is 30.5. The summed E-state index contributed by atoms with van der Waals surface area (Å²) in [4.78, 5) is 30.2. The van der Waals surface area contributed by atoms with Crippen LogP contribution in [0, 0.1) is 23.7 Å². The van der Waals surface area contributed by atoms with Gasteiger partial charge in [-0.2, -0.15) is 0 Å². The highest BCUT2D eigenvalue weighted by molar-refractivity contribution is 5.73. The van der Waals surface area contributed by atoms with E-state index in [9.17, 15) is 30.0 Å². The molecule has 0 aromatic carbocycles. The summed E-state index contributed by atoms with van der Waals surface area (Å²) in [6.07, 6.45) is -5.79. The predicted molar refractivity (Wildman–Crippen MR) is 174 cm³/mol. The van der Waals surface area contributed by atoms with E-state index in [0.29, 0.717) is 13.0 Å². The van der Waals surface area contributed by atoms with Crippen molar-refractivity contribution in [3.05, 3.63) is 0 Å².